The highest BCUT2D eigenvalue weighted by Crippen LogP contribution is 2.53. The van der Waals surface area contributed by atoms with Gasteiger partial charge < -0.3 is 5.32 Å². The molecule has 1 amide bonds. The fourth-order valence-corrected chi connectivity index (χ4v) is 4.77. The summed E-state index contributed by atoms with van der Waals surface area (Å²) >= 11 is 18.3. The molecule has 2 aromatic carbocycles. The van der Waals surface area contributed by atoms with E-state index in [4.69, 9.17) is 34.8 Å². The lowest BCUT2D eigenvalue weighted by Crippen LogP contribution is -2.39. The van der Waals surface area contributed by atoms with Gasteiger partial charge in [-0.3, -0.25) is 4.79 Å². The normalized spacial score (nSPS) is 21.2. The standard InChI is InChI=1S/C23H19Cl3F3NO/c24-17-8-16(9-18(25)10-17)22(23(27,28)29)6-5-15(11-22)14-3-4-19(20(26)7-14)21(31)30-12-13-1-2-13/h3-4,7-11,13H,1-2,5-6,12H2,(H,30,31). The number of benzene rings is 2. The molecule has 2 aromatic rings. The maximum Gasteiger partial charge on any atom is 0.401 e. The molecule has 0 aliphatic heterocycles. The predicted molar refractivity (Wildman–Crippen MR) is 118 cm³/mol. The van der Waals surface area contributed by atoms with Crippen molar-refractivity contribution in [3.8, 4) is 0 Å². The lowest BCUT2D eigenvalue weighted by molar-refractivity contribution is -0.175. The molecule has 2 aliphatic carbocycles. The van der Waals surface area contributed by atoms with E-state index in [1.165, 1.54) is 24.3 Å². The molecule has 1 fully saturated rings. The largest absolute Gasteiger partial charge is 0.401 e. The monoisotopic (exact) mass is 487 g/mol. The summed E-state index contributed by atoms with van der Waals surface area (Å²) in [5.41, 5.74) is -0.796. The lowest BCUT2D eigenvalue weighted by Gasteiger charge is -2.31. The Morgan fingerprint density at radius 1 is 1.06 bits per heavy atom. The van der Waals surface area contributed by atoms with Crippen molar-refractivity contribution in [2.75, 3.05) is 6.54 Å². The molecule has 4 rings (SSSR count). The van der Waals surface area contributed by atoms with E-state index in [1.807, 2.05) is 0 Å². The number of hydrogen-bond acceptors (Lipinski definition) is 1. The van der Waals surface area contributed by atoms with Crippen LogP contribution < -0.4 is 5.32 Å². The van der Waals surface area contributed by atoms with E-state index in [2.05, 4.69) is 5.32 Å². The van der Waals surface area contributed by atoms with Crippen LogP contribution in [0.2, 0.25) is 15.1 Å². The Morgan fingerprint density at radius 2 is 1.74 bits per heavy atom. The zero-order valence-corrected chi connectivity index (χ0v) is 18.6. The minimum absolute atomic E-state index is 0.00895. The van der Waals surface area contributed by atoms with Crippen LogP contribution in [-0.2, 0) is 5.41 Å². The highest BCUT2D eigenvalue weighted by Gasteiger charge is 2.56. The molecule has 1 N–H and O–H groups in total. The van der Waals surface area contributed by atoms with Crippen molar-refractivity contribution < 1.29 is 18.0 Å². The average Bonchev–Trinajstić information content (AvgIpc) is 3.39. The van der Waals surface area contributed by atoms with E-state index in [-0.39, 0.29) is 39.4 Å². The van der Waals surface area contributed by atoms with E-state index >= 15 is 0 Å². The molecule has 31 heavy (non-hydrogen) atoms. The molecule has 1 atom stereocenters. The Morgan fingerprint density at radius 3 is 2.32 bits per heavy atom. The number of alkyl halides is 3. The summed E-state index contributed by atoms with van der Waals surface area (Å²) in [7, 11) is 0. The van der Waals surface area contributed by atoms with Crippen LogP contribution in [0.4, 0.5) is 13.2 Å². The zero-order valence-electron chi connectivity index (χ0n) is 16.3. The van der Waals surface area contributed by atoms with Crippen molar-refractivity contribution in [1.82, 2.24) is 5.32 Å². The molecule has 8 heteroatoms. The number of allylic oxidation sites excluding steroid dienone is 2. The number of carbonyl (C=O) groups excluding carboxylic acids is 1. The lowest BCUT2D eigenvalue weighted by atomic mass is 9.79. The first-order chi connectivity index (χ1) is 14.6. The third-order valence-corrected chi connectivity index (χ3v) is 6.67. The summed E-state index contributed by atoms with van der Waals surface area (Å²) in [5.74, 6) is 0.253. The molecule has 0 heterocycles. The summed E-state index contributed by atoms with van der Waals surface area (Å²) in [6.07, 6.45) is -1.04. The van der Waals surface area contributed by atoms with Crippen molar-refractivity contribution in [2.24, 2.45) is 5.92 Å². The minimum Gasteiger partial charge on any atom is -0.352 e. The van der Waals surface area contributed by atoms with Crippen molar-refractivity contribution >= 4 is 46.3 Å². The van der Waals surface area contributed by atoms with Crippen molar-refractivity contribution in [3.63, 3.8) is 0 Å². The van der Waals surface area contributed by atoms with Gasteiger partial charge in [0.2, 0.25) is 0 Å². The van der Waals surface area contributed by atoms with Gasteiger partial charge in [-0.1, -0.05) is 46.9 Å². The van der Waals surface area contributed by atoms with Crippen molar-refractivity contribution in [1.29, 1.82) is 0 Å². The first kappa shape index (κ1) is 22.5. The van der Waals surface area contributed by atoms with Gasteiger partial charge in [-0.2, -0.15) is 13.2 Å². The topological polar surface area (TPSA) is 29.1 Å². The van der Waals surface area contributed by atoms with Crippen molar-refractivity contribution in [2.45, 2.75) is 37.3 Å². The molecule has 164 valence electrons. The Kier molecular flexibility index (Phi) is 6.06. The number of rotatable bonds is 5. The van der Waals surface area contributed by atoms with Gasteiger partial charge in [-0.05, 0) is 78.6 Å². The molecule has 2 aliphatic rings. The van der Waals surface area contributed by atoms with Crippen LogP contribution in [0.5, 0.6) is 0 Å². The molecular weight excluding hydrogens is 470 g/mol. The Hall–Kier alpha value is -1.69. The first-order valence-corrected chi connectivity index (χ1v) is 11.1. The van der Waals surface area contributed by atoms with Gasteiger partial charge in [-0.15, -0.1) is 0 Å². The second-order valence-corrected chi connectivity index (χ2v) is 9.42. The second-order valence-electron chi connectivity index (χ2n) is 8.14. The average molecular weight is 489 g/mol. The van der Waals surface area contributed by atoms with Crippen LogP contribution >= 0.6 is 34.8 Å². The fraction of sp³-hybridized carbons (Fsp3) is 0.348. The molecule has 0 saturated heterocycles. The number of nitrogens with one attached hydrogen (secondary N) is 1. The molecule has 0 spiro atoms. The van der Waals surface area contributed by atoms with Crippen LogP contribution in [0.25, 0.3) is 5.57 Å². The number of carbonyl (C=O) groups is 1. The quantitative estimate of drug-likeness (QED) is 0.465. The van der Waals surface area contributed by atoms with Gasteiger partial charge >= 0.3 is 6.18 Å². The highest BCUT2D eigenvalue weighted by atomic mass is 35.5. The number of hydrogen-bond donors (Lipinski definition) is 1. The van der Waals surface area contributed by atoms with Gasteiger partial charge in [-0.25, -0.2) is 0 Å². The van der Waals surface area contributed by atoms with Gasteiger partial charge in [0.1, 0.15) is 5.41 Å². The SMILES string of the molecule is O=C(NCC1CC1)c1ccc(C2=CC(c3cc(Cl)cc(Cl)c3)(C(F)(F)F)CC2)cc1Cl. The summed E-state index contributed by atoms with van der Waals surface area (Å²) < 4.78 is 42.7. The molecular formula is C23H19Cl3F3NO. The van der Waals surface area contributed by atoms with Crippen LogP contribution in [0.1, 0.15) is 47.2 Å². The predicted octanol–water partition coefficient (Wildman–Crippen LogP) is 7.46. The Balaban J connectivity index is 1.66. The number of halogens is 6. The molecule has 1 saturated carbocycles. The molecule has 0 aromatic heterocycles. The van der Waals surface area contributed by atoms with Crippen molar-refractivity contribution in [3.05, 3.63) is 74.2 Å². The smallest absolute Gasteiger partial charge is 0.352 e. The minimum atomic E-state index is -4.53. The highest BCUT2D eigenvalue weighted by molar-refractivity contribution is 6.35. The van der Waals surface area contributed by atoms with Gasteiger partial charge in [0.05, 0.1) is 10.6 Å². The van der Waals surface area contributed by atoms with Crippen LogP contribution in [0.15, 0.2) is 42.5 Å². The molecule has 2 nitrogen and oxygen atoms in total. The van der Waals surface area contributed by atoms with Crippen LogP contribution in [0, 0.1) is 5.92 Å². The van der Waals surface area contributed by atoms with Gasteiger partial charge in [0.15, 0.2) is 0 Å². The van der Waals surface area contributed by atoms with E-state index in [0.717, 1.165) is 12.8 Å². The van der Waals surface area contributed by atoms with E-state index in [0.29, 0.717) is 29.2 Å². The summed E-state index contributed by atoms with van der Waals surface area (Å²) in [5, 5.41) is 3.36. The van der Waals surface area contributed by atoms with Gasteiger partial charge in [0, 0.05) is 16.6 Å². The summed E-state index contributed by atoms with van der Waals surface area (Å²) in [4.78, 5) is 12.3. The second kappa shape index (κ2) is 8.34. The van der Waals surface area contributed by atoms with E-state index < -0.39 is 11.6 Å². The Labute approximate surface area is 193 Å². The van der Waals surface area contributed by atoms with E-state index in [1.54, 1.807) is 18.2 Å². The van der Waals surface area contributed by atoms with Crippen LogP contribution in [0.3, 0.4) is 0 Å². The third-order valence-electron chi connectivity index (χ3n) is 5.93. The molecule has 1 unspecified atom stereocenters. The maximum atomic E-state index is 14.2. The van der Waals surface area contributed by atoms with Crippen LogP contribution in [-0.4, -0.2) is 18.6 Å². The fourth-order valence-electron chi connectivity index (χ4n) is 3.98. The number of amides is 1. The van der Waals surface area contributed by atoms with E-state index in [9.17, 15) is 18.0 Å². The zero-order chi connectivity index (χ0) is 22.4. The van der Waals surface area contributed by atoms with Gasteiger partial charge in [0.25, 0.3) is 5.91 Å². The maximum absolute atomic E-state index is 14.2. The molecule has 0 bridgehead atoms. The first-order valence-electron chi connectivity index (χ1n) is 9.92. The third kappa shape index (κ3) is 4.59. The summed E-state index contributed by atoms with van der Waals surface area (Å²) in [6.45, 7) is 0.609. The Bertz CT molecular complexity index is 1040. The molecule has 0 radical (unpaired) electrons. The summed E-state index contributed by atoms with van der Waals surface area (Å²) in [6, 6.07) is 8.77.